The summed E-state index contributed by atoms with van der Waals surface area (Å²) in [5.41, 5.74) is 0. The van der Waals surface area contributed by atoms with Gasteiger partial charge in [-0.15, -0.1) is 0 Å². The Morgan fingerprint density at radius 3 is 1.75 bits per heavy atom. The van der Waals surface area contributed by atoms with Gasteiger partial charge in [0, 0.05) is 6.08 Å². The first-order chi connectivity index (χ1) is 3.65. The molecule has 3 heteroatoms. The molecule has 8 heavy (non-hydrogen) atoms. The predicted octanol–water partition coefficient (Wildman–Crippen LogP) is 2.94. The minimum Gasteiger partial charge on any atom is -0.193 e. The Labute approximate surface area is 66.0 Å². The van der Waals surface area contributed by atoms with Crippen molar-refractivity contribution in [1.82, 2.24) is 0 Å². The number of rotatable bonds is 0. The quantitative estimate of drug-likeness (QED) is 0.596. The third kappa shape index (κ3) is 167. The molecule has 0 N–H and O–H groups in total. The van der Waals surface area contributed by atoms with E-state index in [1.165, 1.54) is 6.08 Å². The number of hydrogen-bond donors (Lipinski definition) is 0. The Morgan fingerprint density at radius 1 is 1.62 bits per heavy atom. The van der Waals surface area contributed by atoms with Crippen LogP contribution in [0.25, 0.3) is 0 Å². The van der Waals surface area contributed by atoms with Crippen molar-refractivity contribution in [2.45, 2.75) is 0 Å². The van der Waals surface area contributed by atoms with Gasteiger partial charge < -0.3 is 0 Å². The van der Waals surface area contributed by atoms with Gasteiger partial charge >= 0.3 is 0 Å². The van der Waals surface area contributed by atoms with Crippen molar-refractivity contribution in [3.05, 3.63) is 22.6 Å². The number of allylic oxidation sites excluding steroid dienone is 1. The average Bonchev–Trinajstić information content (AvgIpc) is 1.65. The molecule has 0 saturated heterocycles. The molecule has 0 radical (unpaired) electrons. The second-order valence-corrected chi connectivity index (χ2v) is 3.65. The lowest BCUT2D eigenvalue weighted by Gasteiger charge is -1.58. The summed E-state index contributed by atoms with van der Waals surface area (Å²) in [6.45, 7) is 6.51. The van der Waals surface area contributed by atoms with Crippen molar-refractivity contribution in [3.63, 3.8) is 0 Å². The van der Waals surface area contributed by atoms with Crippen LogP contribution in [0.2, 0.25) is 0 Å². The molecule has 0 heterocycles. The fourth-order valence-electron chi connectivity index (χ4n) is 0. The van der Waals surface area contributed by atoms with E-state index in [-0.39, 0.29) is 0 Å². The minimum atomic E-state index is 0.792. The Bertz CT molecular complexity index is 108. The summed E-state index contributed by atoms with van der Waals surface area (Å²) in [5.74, 6) is 0. The van der Waals surface area contributed by atoms with E-state index in [2.05, 4.69) is 45.0 Å². The minimum absolute atomic E-state index is 0.792. The Hall–Kier alpha value is -0.0700. The summed E-state index contributed by atoms with van der Waals surface area (Å²) in [5, 5.41) is 7.51. The molecule has 0 rings (SSSR count). The van der Waals surface area contributed by atoms with Crippen LogP contribution in [0.3, 0.4) is 0 Å². The van der Waals surface area contributed by atoms with Gasteiger partial charge in [0.2, 0.25) is 0 Å². The van der Waals surface area contributed by atoms with Crippen molar-refractivity contribution in [1.29, 1.82) is 5.26 Å². The van der Waals surface area contributed by atoms with Crippen molar-refractivity contribution in [3.8, 4) is 6.07 Å². The largest absolute Gasteiger partial charge is 0.193 e. The lowest BCUT2D eigenvalue weighted by atomic mass is 10.8. The summed E-state index contributed by atoms with van der Waals surface area (Å²) >= 11 is 5.99. The van der Waals surface area contributed by atoms with Gasteiger partial charge in [0.05, 0.1) is 9.46 Å². The Kier molecular flexibility index (Phi) is 13.6. The van der Waals surface area contributed by atoms with Crippen LogP contribution in [-0.4, -0.2) is 0 Å². The van der Waals surface area contributed by atoms with E-state index in [9.17, 15) is 0 Å². The molecule has 0 saturated carbocycles. The molecule has 0 aliphatic carbocycles. The van der Waals surface area contributed by atoms with Crippen LogP contribution in [-0.2, 0) is 0 Å². The zero-order chi connectivity index (χ0) is 6.99. The highest BCUT2D eigenvalue weighted by Crippen LogP contribution is 2.06. The van der Waals surface area contributed by atoms with Gasteiger partial charge in [-0.25, -0.2) is 0 Å². The summed E-state index contributed by atoms with van der Waals surface area (Å²) in [6.07, 6.45) is 1.18. The van der Waals surface area contributed by atoms with Gasteiger partial charge in [-0.3, -0.25) is 0 Å². The highest BCUT2D eigenvalue weighted by Gasteiger charge is 1.58. The molecule has 0 aromatic rings. The summed E-state index contributed by atoms with van der Waals surface area (Å²) < 4.78 is 0.792. The van der Waals surface area contributed by atoms with Crippen molar-refractivity contribution in [2.75, 3.05) is 0 Å². The second kappa shape index (κ2) is 10.0. The van der Waals surface area contributed by atoms with E-state index in [1.807, 2.05) is 0 Å². The van der Waals surface area contributed by atoms with E-state index < -0.39 is 0 Å². The first-order valence-corrected chi connectivity index (χ1v) is 3.24. The van der Waals surface area contributed by atoms with E-state index in [4.69, 9.17) is 5.26 Å². The monoisotopic (exact) mass is 237 g/mol. The highest BCUT2D eigenvalue weighted by molar-refractivity contribution is 9.28. The number of halogens is 2. The fraction of sp³-hybridized carbons (Fsp3) is 0. The number of hydrogen-bond acceptors (Lipinski definition) is 1. The van der Waals surface area contributed by atoms with Crippen LogP contribution in [0.5, 0.6) is 0 Å². The van der Waals surface area contributed by atoms with Crippen LogP contribution >= 0.6 is 31.9 Å². The first kappa shape index (κ1) is 10.8. The number of nitrogens with zero attached hydrogens (tertiary/aromatic N) is 1. The molecule has 0 bridgehead atoms. The fourth-order valence-corrected chi connectivity index (χ4v) is 0. The Balaban J connectivity index is 0. The van der Waals surface area contributed by atoms with Gasteiger partial charge in [-0.1, -0.05) is 13.2 Å². The maximum Gasteiger partial charge on any atom is 0.0905 e. The molecule has 0 aliphatic rings. The van der Waals surface area contributed by atoms with Gasteiger partial charge in [0.15, 0.2) is 0 Å². The maximum absolute atomic E-state index is 7.51. The van der Waals surface area contributed by atoms with Gasteiger partial charge in [-0.05, 0) is 31.9 Å². The topological polar surface area (TPSA) is 23.8 Å². The van der Waals surface area contributed by atoms with Crippen molar-refractivity contribution in [2.24, 2.45) is 0 Å². The van der Waals surface area contributed by atoms with Crippen LogP contribution in [0.15, 0.2) is 22.6 Å². The highest BCUT2D eigenvalue weighted by atomic mass is 79.9. The molecule has 1 nitrogen and oxygen atoms in total. The molecule has 0 amide bonds. The van der Waals surface area contributed by atoms with Crippen LogP contribution in [0, 0.1) is 11.3 Å². The van der Waals surface area contributed by atoms with E-state index in [0.717, 1.165) is 3.39 Å². The normalized spacial score (nSPS) is 5.12. The van der Waals surface area contributed by atoms with E-state index >= 15 is 0 Å². The smallest absolute Gasteiger partial charge is 0.0905 e. The molecule has 0 spiro atoms. The molecule has 0 aromatic heterocycles. The molecule has 44 valence electrons. The molecular weight excluding hydrogens is 234 g/mol. The van der Waals surface area contributed by atoms with Crippen molar-refractivity contribution < 1.29 is 0 Å². The zero-order valence-electron chi connectivity index (χ0n) is 4.19. The first-order valence-electron chi connectivity index (χ1n) is 1.65. The van der Waals surface area contributed by atoms with E-state index in [1.54, 1.807) is 6.07 Å². The second-order valence-electron chi connectivity index (χ2n) is 0.672. The average molecular weight is 239 g/mol. The Morgan fingerprint density at radius 2 is 1.75 bits per heavy atom. The van der Waals surface area contributed by atoms with Gasteiger partial charge in [-0.2, -0.15) is 5.26 Å². The van der Waals surface area contributed by atoms with Gasteiger partial charge in [0.25, 0.3) is 0 Å². The van der Waals surface area contributed by atoms with Crippen LogP contribution < -0.4 is 0 Å². The standard InChI is InChI=1S/C3H3N.C2H2Br2/c1-2-3-4;1-2(3)4/h2H,1H2;1H2. The van der Waals surface area contributed by atoms with Gasteiger partial charge in [0.1, 0.15) is 0 Å². The maximum atomic E-state index is 7.51. The lowest BCUT2D eigenvalue weighted by Crippen LogP contribution is -1.23. The summed E-state index contributed by atoms with van der Waals surface area (Å²) in [4.78, 5) is 0. The van der Waals surface area contributed by atoms with Crippen molar-refractivity contribution >= 4 is 31.9 Å². The predicted molar refractivity (Wildman–Crippen MR) is 42.8 cm³/mol. The third-order valence-electron chi connectivity index (χ3n) is 0.0913. The molecule has 0 atom stereocenters. The summed E-state index contributed by atoms with van der Waals surface area (Å²) in [7, 11) is 0. The molecule has 0 aliphatic heterocycles. The van der Waals surface area contributed by atoms with E-state index in [0.29, 0.717) is 0 Å². The SMILES string of the molecule is C=C(Br)Br.C=CC#N. The molecule has 0 unspecified atom stereocenters. The molecule has 0 fully saturated rings. The van der Waals surface area contributed by atoms with Crippen LogP contribution in [0.1, 0.15) is 0 Å². The van der Waals surface area contributed by atoms with Crippen LogP contribution in [0.4, 0.5) is 0 Å². The summed E-state index contributed by atoms with van der Waals surface area (Å²) in [6, 6.07) is 1.69. The molecular formula is C5H5Br2N. The third-order valence-corrected chi connectivity index (χ3v) is 0.0913. The molecule has 0 aromatic carbocycles. The zero-order valence-corrected chi connectivity index (χ0v) is 7.37. The lowest BCUT2D eigenvalue weighted by molar-refractivity contribution is 1.54. The number of nitriles is 1.